The lowest BCUT2D eigenvalue weighted by Gasteiger charge is -2.16. The van der Waals surface area contributed by atoms with Gasteiger partial charge in [0.25, 0.3) is 0 Å². The third kappa shape index (κ3) is 2.73. The van der Waals surface area contributed by atoms with Gasteiger partial charge in [0.1, 0.15) is 0 Å². The van der Waals surface area contributed by atoms with E-state index in [4.69, 9.17) is 0 Å². The minimum absolute atomic E-state index is 0.0821. The summed E-state index contributed by atoms with van der Waals surface area (Å²) in [6.07, 6.45) is 0.275. The largest absolute Gasteiger partial charge is 0.467 e. The van der Waals surface area contributed by atoms with Crippen LogP contribution in [0.15, 0.2) is 18.2 Å². The van der Waals surface area contributed by atoms with E-state index in [1.54, 1.807) is 18.2 Å². The smallest absolute Gasteiger partial charge is 0.333 e. The van der Waals surface area contributed by atoms with Gasteiger partial charge in [-0.15, -0.1) is 0 Å². The van der Waals surface area contributed by atoms with E-state index in [9.17, 15) is 14.4 Å². The molecule has 0 aromatic heterocycles. The molecule has 0 aliphatic carbocycles. The van der Waals surface area contributed by atoms with Crippen molar-refractivity contribution < 1.29 is 19.1 Å². The quantitative estimate of drug-likeness (QED) is 0.778. The first-order valence-electron chi connectivity index (χ1n) is 5.79. The Kier molecular flexibility index (Phi) is 3.50. The highest BCUT2D eigenvalue weighted by Gasteiger charge is 2.25. The van der Waals surface area contributed by atoms with E-state index >= 15 is 0 Å². The van der Waals surface area contributed by atoms with Crippen LogP contribution in [0.25, 0.3) is 0 Å². The SMILES string of the molecule is COC(=O)C(NC(C)=O)c1ccc2c(c1)CC(=O)N2. The van der Waals surface area contributed by atoms with Crippen LogP contribution in [0.1, 0.15) is 24.1 Å². The molecule has 1 aromatic carbocycles. The third-order valence-electron chi connectivity index (χ3n) is 2.87. The third-order valence-corrected chi connectivity index (χ3v) is 2.87. The summed E-state index contributed by atoms with van der Waals surface area (Å²) in [5.41, 5.74) is 2.14. The number of carbonyl (C=O) groups excluding carboxylic acids is 3. The van der Waals surface area contributed by atoms with Crippen molar-refractivity contribution in [2.24, 2.45) is 0 Å². The molecule has 1 unspecified atom stereocenters. The number of nitrogens with one attached hydrogen (secondary N) is 2. The molecule has 0 spiro atoms. The van der Waals surface area contributed by atoms with Crippen LogP contribution < -0.4 is 10.6 Å². The van der Waals surface area contributed by atoms with Crippen molar-refractivity contribution >= 4 is 23.5 Å². The van der Waals surface area contributed by atoms with Crippen LogP contribution in [0.3, 0.4) is 0 Å². The molecule has 2 amide bonds. The lowest BCUT2D eigenvalue weighted by molar-refractivity contribution is -0.145. The molecule has 1 aromatic rings. The molecule has 1 atom stereocenters. The summed E-state index contributed by atoms with van der Waals surface area (Å²) in [5, 5.41) is 5.24. The number of rotatable bonds is 3. The molecule has 6 heteroatoms. The van der Waals surface area contributed by atoms with Crippen LogP contribution in [0.5, 0.6) is 0 Å². The first kappa shape index (κ1) is 13.1. The molecule has 6 nitrogen and oxygen atoms in total. The molecule has 0 saturated carbocycles. The molecule has 0 fully saturated rings. The van der Waals surface area contributed by atoms with Gasteiger partial charge in [-0.25, -0.2) is 4.79 Å². The van der Waals surface area contributed by atoms with Gasteiger partial charge < -0.3 is 15.4 Å². The molecule has 2 rings (SSSR count). The van der Waals surface area contributed by atoms with Crippen molar-refractivity contribution in [2.45, 2.75) is 19.4 Å². The number of fused-ring (bicyclic) bond motifs is 1. The summed E-state index contributed by atoms with van der Waals surface area (Å²) in [4.78, 5) is 34.1. The van der Waals surface area contributed by atoms with Crippen LogP contribution in [-0.4, -0.2) is 24.9 Å². The average Bonchev–Trinajstić information content (AvgIpc) is 2.73. The van der Waals surface area contributed by atoms with Crippen LogP contribution in [0.2, 0.25) is 0 Å². The van der Waals surface area contributed by atoms with E-state index in [2.05, 4.69) is 15.4 Å². The lowest BCUT2D eigenvalue weighted by atomic mass is 10.0. The number of anilines is 1. The topological polar surface area (TPSA) is 84.5 Å². The number of esters is 1. The van der Waals surface area contributed by atoms with Gasteiger partial charge in [-0.1, -0.05) is 12.1 Å². The Morgan fingerprint density at radius 3 is 2.79 bits per heavy atom. The van der Waals surface area contributed by atoms with E-state index in [1.807, 2.05) is 0 Å². The van der Waals surface area contributed by atoms with Crippen molar-refractivity contribution in [2.75, 3.05) is 12.4 Å². The Labute approximate surface area is 110 Å². The van der Waals surface area contributed by atoms with Gasteiger partial charge in [-0.2, -0.15) is 0 Å². The molecule has 2 N–H and O–H groups in total. The minimum Gasteiger partial charge on any atom is -0.467 e. The van der Waals surface area contributed by atoms with Crippen LogP contribution in [0, 0.1) is 0 Å². The minimum atomic E-state index is -0.858. The van der Waals surface area contributed by atoms with Gasteiger partial charge in [0, 0.05) is 12.6 Å². The number of benzene rings is 1. The van der Waals surface area contributed by atoms with Crippen LogP contribution in [-0.2, 0) is 25.5 Å². The fourth-order valence-corrected chi connectivity index (χ4v) is 2.03. The molecule has 0 bridgehead atoms. The van der Waals surface area contributed by atoms with Crippen molar-refractivity contribution in [1.29, 1.82) is 0 Å². The highest BCUT2D eigenvalue weighted by atomic mass is 16.5. The summed E-state index contributed by atoms with van der Waals surface area (Å²) in [6.45, 7) is 1.33. The highest BCUT2D eigenvalue weighted by molar-refractivity contribution is 5.99. The Morgan fingerprint density at radius 1 is 1.42 bits per heavy atom. The van der Waals surface area contributed by atoms with E-state index in [-0.39, 0.29) is 18.2 Å². The molecule has 1 aliphatic rings. The Hall–Kier alpha value is -2.37. The monoisotopic (exact) mass is 262 g/mol. The van der Waals surface area contributed by atoms with E-state index in [1.165, 1.54) is 14.0 Å². The number of hydrogen-bond donors (Lipinski definition) is 2. The normalized spacial score (nSPS) is 14.3. The van der Waals surface area contributed by atoms with Gasteiger partial charge in [-0.3, -0.25) is 9.59 Å². The summed E-state index contributed by atoms with van der Waals surface area (Å²) < 4.78 is 4.67. The summed E-state index contributed by atoms with van der Waals surface area (Å²) in [6, 6.07) is 4.27. The van der Waals surface area contributed by atoms with Crippen LogP contribution in [0.4, 0.5) is 5.69 Å². The second-order valence-electron chi connectivity index (χ2n) is 4.30. The first-order valence-corrected chi connectivity index (χ1v) is 5.79. The second kappa shape index (κ2) is 5.09. The number of amides is 2. The number of ether oxygens (including phenoxy) is 1. The Balaban J connectivity index is 2.32. The summed E-state index contributed by atoms with van der Waals surface area (Å²) >= 11 is 0. The highest BCUT2D eigenvalue weighted by Crippen LogP contribution is 2.26. The van der Waals surface area contributed by atoms with E-state index < -0.39 is 12.0 Å². The predicted molar refractivity (Wildman–Crippen MR) is 67.3 cm³/mol. The first-order chi connectivity index (χ1) is 9.01. The molecule has 100 valence electrons. The van der Waals surface area contributed by atoms with Crippen molar-refractivity contribution in [3.05, 3.63) is 29.3 Å². The maximum atomic E-state index is 11.7. The molecule has 0 radical (unpaired) electrons. The molecular weight excluding hydrogens is 248 g/mol. The van der Waals surface area contributed by atoms with Crippen LogP contribution >= 0.6 is 0 Å². The van der Waals surface area contributed by atoms with Gasteiger partial charge in [0.05, 0.1) is 13.5 Å². The van der Waals surface area contributed by atoms with E-state index in [0.29, 0.717) is 5.56 Å². The van der Waals surface area contributed by atoms with Gasteiger partial charge in [0.2, 0.25) is 11.8 Å². The Bertz CT molecular complexity index is 554. The zero-order valence-electron chi connectivity index (χ0n) is 10.6. The molecule has 0 saturated heterocycles. The zero-order chi connectivity index (χ0) is 14.0. The van der Waals surface area contributed by atoms with Gasteiger partial charge in [-0.05, 0) is 17.2 Å². The number of hydrogen-bond acceptors (Lipinski definition) is 4. The zero-order valence-corrected chi connectivity index (χ0v) is 10.6. The van der Waals surface area contributed by atoms with Crippen molar-refractivity contribution in [3.8, 4) is 0 Å². The predicted octanol–water partition coefficient (Wildman–Crippen LogP) is 0.531. The molecular formula is C13H14N2O4. The second-order valence-corrected chi connectivity index (χ2v) is 4.30. The number of carbonyl (C=O) groups is 3. The summed E-state index contributed by atoms with van der Waals surface area (Å²) in [7, 11) is 1.26. The maximum absolute atomic E-state index is 11.7. The molecule has 19 heavy (non-hydrogen) atoms. The fourth-order valence-electron chi connectivity index (χ4n) is 2.03. The average molecular weight is 262 g/mol. The molecule has 1 heterocycles. The Morgan fingerprint density at radius 2 is 2.16 bits per heavy atom. The lowest BCUT2D eigenvalue weighted by Crippen LogP contribution is -2.32. The van der Waals surface area contributed by atoms with Gasteiger partial charge >= 0.3 is 5.97 Å². The fraction of sp³-hybridized carbons (Fsp3) is 0.308. The number of methoxy groups -OCH3 is 1. The van der Waals surface area contributed by atoms with Crippen molar-refractivity contribution in [1.82, 2.24) is 5.32 Å². The van der Waals surface area contributed by atoms with Crippen molar-refractivity contribution in [3.63, 3.8) is 0 Å². The summed E-state index contributed by atoms with van der Waals surface area (Å²) in [5.74, 6) is -0.959. The van der Waals surface area contributed by atoms with Gasteiger partial charge in [0.15, 0.2) is 6.04 Å². The maximum Gasteiger partial charge on any atom is 0.333 e. The van der Waals surface area contributed by atoms with E-state index in [0.717, 1.165) is 11.3 Å². The molecule has 1 aliphatic heterocycles. The standard InChI is InChI=1S/C13H14N2O4/c1-7(16)14-12(13(18)19-2)8-3-4-10-9(5-8)6-11(17)15-10/h3-5,12H,6H2,1-2H3,(H,14,16)(H,15,17).